The van der Waals surface area contributed by atoms with Crippen molar-refractivity contribution >= 4 is 33.2 Å². The van der Waals surface area contributed by atoms with Gasteiger partial charge in [0.25, 0.3) is 5.92 Å². The summed E-state index contributed by atoms with van der Waals surface area (Å²) < 4.78 is 26.3. The van der Waals surface area contributed by atoms with Gasteiger partial charge in [-0.25, -0.2) is 13.8 Å². The molecule has 0 saturated heterocycles. The lowest BCUT2D eigenvalue weighted by atomic mass is 10.0. The maximum Gasteiger partial charge on any atom is 0.322 e. The van der Waals surface area contributed by atoms with E-state index >= 15 is 0 Å². The van der Waals surface area contributed by atoms with Crippen LogP contribution in [0.25, 0.3) is 0 Å². The number of carboxylic acid groups (broad SMARTS) is 1. The average Bonchev–Trinajstić information content (AvgIpc) is 2.44. The minimum atomic E-state index is -3.17. The molecule has 1 saturated carbocycles. The quantitative estimate of drug-likeness (QED) is 0.906. The summed E-state index contributed by atoms with van der Waals surface area (Å²) in [6.07, 6.45) is -0.661. The molecule has 7 heteroatoms. The third-order valence-corrected chi connectivity index (χ3v) is 3.63. The third-order valence-electron chi connectivity index (χ3n) is 2.27. The molecule has 0 amide bonds. The van der Waals surface area contributed by atoms with Gasteiger partial charge in [-0.3, -0.25) is 4.79 Å². The standard InChI is InChI=1S/C7H4BrF2NO2S/c8-5-11-3(1-14-5)6(4(12)13)2-7(6,9)10/h1H,2H2,(H,12,13). The minimum Gasteiger partial charge on any atom is -0.480 e. The zero-order chi connectivity index (χ0) is 10.6. The van der Waals surface area contributed by atoms with Crippen molar-refractivity contribution in [3.05, 3.63) is 15.0 Å². The number of rotatable bonds is 2. The van der Waals surface area contributed by atoms with Gasteiger partial charge in [0.05, 0.1) is 5.69 Å². The van der Waals surface area contributed by atoms with Gasteiger partial charge in [0, 0.05) is 11.8 Å². The van der Waals surface area contributed by atoms with E-state index in [4.69, 9.17) is 5.11 Å². The molecule has 0 bridgehead atoms. The Balaban J connectivity index is 2.46. The second kappa shape index (κ2) is 2.73. The largest absolute Gasteiger partial charge is 0.480 e. The molecule has 1 unspecified atom stereocenters. The van der Waals surface area contributed by atoms with E-state index in [1.54, 1.807) is 0 Å². The normalized spacial score (nSPS) is 28.8. The van der Waals surface area contributed by atoms with Crippen LogP contribution in [0.5, 0.6) is 0 Å². The zero-order valence-corrected chi connectivity index (χ0v) is 9.03. The molecule has 2 rings (SSSR count). The van der Waals surface area contributed by atoms with E-state index in [2.05, 4.69) is 20.9 Å². The van der Waals surface area contributed by atoms with E-state index in [-0.39, 0.29) is 5.69 Å². The number of hydrogen-bond donors (Lipinski definition) is 1. The summed E-state index contributed by atoms with van der Waals surface area (Å²) in [5.41, 5.74) is -2.15. The van der Waals surface area contributed by atoms with Gasteiger partial charge in [-0.05, 0) is 15.9 Å². The van der Waals surface area contributed by atoms with Crippen LogP contribution in [0.4, 0.5) is 8.78 Å². The van der Waals surface area contributed by atoms with Gasteiger partial charge >= 0.3 is 5.97 Å². The van der Waals surface area contributed by atoms with Crippen LogP contribution in [0, 0.1) is 0 Å². The first-order valence-electron chi connectivity index (χ1n) is 3.63. The van der Waals surface area contributed by atoms with Crippen molar-refractivity contribution in [3.63, 3.8) is 0 Å². The SMILES string of the molecule is O=C(O)C1(c2csc(Br)n2)CC1(F)F. The molecular weight excluding hydrogens is 280 g/mol. The molecule has 1 heterocycles. The first-order valence-corrected chi connectivity index (χ1v) is 5.30. The number of carboxylic acids is 1. The molecule has 1 N–H and O–H groups in total. The second-order valence-electron chi connectivity index (χ2n) is 3.08. The van der Waals surface area contributed by atoms with Gasteiger partial charge < -0.3 is 5.11 Å². The first-order chi connectivity index (χ1) is 6.40. The van der Waals surface area contributed by atoms with Gasteiger partial charge in [-0.15, -0.1) is 11.3 Å². The number of alkyl halides is 2. The highest BCUT2D eigenvalue weighted by Gasteiger charge is 2.78. The highest BCUT2D eigenvalue weighted by Crippen LogP contribution is 2.61. The summed E-state index contributed by atoms with van der Waals surface area (Å²) in [5, 5.41) is 10.1. The van der Waals surface area contributed by atoms with E-state index < -0.39 is 23.7 Å². The molecule has 3 nitrogen and oxygen atoms in total. The molecule has 1 fully saturated rings. The number of aromatic nitrogens is 1. The van der Waals surface area contributed by atoms with Gasteiger partial charge in [-0.2, -0.15) is 0 Å². The molecule has 0 radical (unpaired) electrons. The summed E-state index contributed by atoms with van der Waals surface area (Å²) >= 11 is 4.11. The molecule has 1 atom stereocenters. The summed E-state index contributed by atoms with van der Waals surface area (Å²) in [6, 6.07) is 0. The molecule has 0 aromatic carbocycles. The highest BCUT2D eigenvalue weighted by molar-refractivity contribution is 9.11. The lowest BCUT2D eigenvalue weighted by Crippen LogP contribution is -2.27. The Bertz CT molecular complexity index is 408. The van der Waals surface area contributed by atoms with E-state index in [1.165, 1.54) is 5.38 Å². The number of nitrogens with zero attached hydrogens (tertiary/aromatic N) is 1. The molecule has 0 aliphatic heterocycles. The molecule has 76 valence electrons. The van der Waals surface area contributed by atoms with Crippen LogP contribution in [0.3, 0.4) is 0 Å². The van der Waals surface area contributed by atoms with Crippen molar-refractivity contribution in [1.29, 1.82) is 0 Å². The van der Waals surface area contributed by atoms with Gasteiger partial charge in [0.1, 0.15) is 0 Å². The first kappa shape index (κ1) is 9.97. The highest BCUT2D eigenvalue weighted by atomic mass is 79.9. The van der Waals surface area contributed by atoms with Crippen molar-refractivity contribution in [1.82, 2.24) is 4.98 Å². The summed E-state index contributed by atoms with van der Waals surface area (Å²) in [6.45, 7) is 0. The Hall–Kier alpha value is -0.560. The topological polar surface area (TPSA) is 50.2 Å². The Labute approximate surface area is 89.9 Å². The molecule has 1 aromatic rings. The third kappa shape index (κ3) is 1.12. The smallest absolute Gasteiger partial charge is 0.322 e. The van der Waals surface area contributed by atoms with Gasteiger partial charge in [0.15, 0.2) is 9.33 Å². The number of thiazole rings is 1. The van der Waals surface area contributed by atoms with E-state index in [1.807, 2.05) is 0 Å². The fourth-order valence-corrected chi connectivity index (χ4v) is 2.44. The van der Waals surface area contributed by atoms with Gasteiger partial charge in [0.2, 0.25) is 0 Å². The monoisotopic (exact) mass is 283 g/mol. The molecule has 1 aliphatic rings. The van der Waals surface area contributed by atoms with Crippen LogP contribution in [-0.4, -0.2) is 22.0 Å². The predicted molar refractivity (Wildman–Crippen MR) is 48.7 cm³/mol. The lowest BCUT2D eigenvalue weighted by molar-refractivity contribution is -0.143. The van der Waals surface area contributed by atoms with Gasteiger partial charge in [-0.1, -0.05) is 0 Å². The molecule has 14 heavy (non-hydrogen) atoms. The Morgan fingerprint density at radius 2 is 2.29 bits per heavy atom. The molecule has 0 spiro atoms. The second-order valence-corrected chi connectivity index (χ2v) is 5.21. The lowest BCUT2D eigenvalue weighted by Gasteiger charge is -2.06. The van der Waals surface area contributed by atoms with Crippen LogP contribution in [0.1, 0.15) is 12.1 Å². The Morgan fingerprint density at radius 1 is 1.71 bits per heavy atom. The zero-order valence-electron chi connectivity index (χ0n) is 6.63. The fraction of sp³-hybridized carbons (Fsp3) is 0.429. The van der Waals surface area contributed by atoms with Crippen molar-refractivity contribution in [3.8, 4) is 0 Å². The van der Waals surface area contributed by atoms with Crippen molar-refractivity contribution in [2.45, 2.75) is 17.8 Å². The fourth-order valence-electron chi connectivity index (χ4n) is 1.36. The van der Waals surface area contributed by atoms with E-state index in [0.717, 1.165) is 11.3 Å². The van der Waals surface area contributed by atoms with Crippen LogP contribution >= 0.6 is 27.3 Å². The van der Waals surface area contributed by atoms with E-state index in [0.29, 0.717) is 3.92 Å². The van der Waals surface area contributed by atoms with Crippen molar-refractivity contribution in [2.24, 2.45) is 0 Å². The average molecular weight is 284 g/mol. The summed E-state index contributed by atoms with van der Waals surface area (Å²) in [7, 11) is 0. The van der Waals surface area contributed by atoms with Crippen molar-refractivity contribution < 1.29 is 18.7 Å². The van der Waals surface area contributed by atoms with Crippen LogP contribution in [-0.2, 0) is 10.2 Å². The van der Waals surface area contributed by atoms with Crippen LogP contribution in [0.2, 0.25) is 0 Å². The van der Waals surface area contributed by atoms with Crippen molar-refractivity contribution in [2.75, 3.05) is 0 Å². The molecular formula is C7H4BrF2NO2S. The molecule has 1 aromatic heterocycles. The number of aliphatic carboxylic acids is 1. The van der Waals surface area contributed by atoms with E-state index in [9.17, 15) is 13.6 Å². The molecule has 1 aliphatic carbocycles. The van der Waals surface area contributed by atoms with Crippen LogP contribution < -0.4 is 0 Å². The summed E-state index contributed by atoms with van der Waals surface area (Å²) in [5.74, 6) is -4.69. The Kier molecular flexibility index (Phi) is 1.94. The maximum atomic E-state index is 13.0. The maximum absolute atomic E-state index is 13.0. The van der Waals surface area contributed by atoms with Crippen LogP contribution in [0.15, 0.2) is 9.30 Å². The number of hydrogen-bond acceptors (Lipinski definition) is 3. The predicted octanol–water partition coefficient (Wildman–Crippen LogP) is 2.27. The number of carbonyl (C=O) groups is 1. The Morgan fingerprint density at radius 3 is 2.57 bits per heavy atom. The summed E-state index contributed by atoms with van der Waals surface area (Å²) in [4.78, 5) is 14.5. The minimum absolute atomic E-state index is 0.0631. The number of halogens is 3.